The molecule has 0 saturated heterocycles. The first kappa shape index (κ1) is 23.5. The van der Waals surface area contributed by atoms with Crippen LogP contribution in [-0.2, 0) is 16.1 Å². The Bertz CT molecular complexity index is 932. The number of hydrogen-bond donors (Lipinski definition) is 5. The van der Waals surface area contributed by atoms with Gasteiger partial charge in [-0.3, -0.25) is 9.59 Å². The number of phenols is 2. The molecule has 0 aliphatic heterocycles. The van der Waals surface area contributed by atoms with E-state index in [0.29, 0.717) is 11.3 Å². The predicted molar refractivity (Wildman–Crippen MR) is 115 cm³/mol. The summed E-state index contributed by atoms with van der Waals surface area (Å²) in [5.41, 5.74) is 0.664. The van der Waals surface area contributed by atoms with Gasteiger partial charge in [-0.2, -0.15) is 0 Å². The fraction of sp³-hybridized carbons (Fsp3) is 0.318. The Labute approximate surface area is 180 Å². The molecule has 31 heavy (non-hydrogen) atoms. The van der Waals surface area contributed by atoms with Gasteiger partial charge in [0.2, 0.25) is 5.91 Å². The number of rotatable bonds is 7. The highest BCUT2D eigenvalue weighted by Gasteiger charge is 2.16. The van der Waals surface area contributed by atoms with Crippen molar-refractivity contribution < 1.29 is 29.3 Å². The smallest absolute Gasteiger partial charge is 0.407 e. The third-order valence-electron chi connectivity index (χ3n) is 3.92. The topological polar surface area (TPSA) is 137 Å². The maximum absolute atomic E-state index is 12.3. The maximum Gasteiger partial charge on any atom is 0.407 e. The highest BCUT2D eigenvalue weighted by molar-refractivity contribution is 5.95. The van der Waals surface area contributed by atoms with E-state index >= 15 is 0 Å². The minimum absolute atomic E-state index is 0.0442. The highest BCUT2D eigenvalue weighted by atomic mass is 16.6. The van der Waals surface area contributed by atoms with Crippen LogP contribution in [0.25, 0.3) is 0 Å². The van der Waals surface area contributed by atoms with E-state index in [1.165, 1.54) is 12.1 Å². The summed E-state index contributed by atoms with van der Waals surface area (Å²) in [7, 11) is 0. The quantitative estimate of drug-likeness (QED) is 0.459. The van der Waals surface area contributed by atoms with E-state index in [4.69, 9.17) is 4.74 Å². The number of ether oxygens (including phenoxy) is 1. The molecule has 0 saturated carbocycles. The summed E-state index contributed by atoms with van der Waals surface area (Å²) in [6, 6.07) is 10.5. The number of nitrogens with one attached hydrogen (secondary N) is 3. The molecule has 2 aromatic carbocycles. The molecule has 0 aliphatic carbocycles. The minimum atomic E-state index is -0.618. The van der Waals surface area contributed by atoms with E-state index in [0.717, 1.165) is 6.07 Å². The molecule has 166 valence electrons. The third-order valence-corrected chi connectivity index (χ3v) is 3.92. The molecule has 0 atom stereocenters. The number of phenolic OH excluding ortho intramolecular Hbond substituents is 2. The molecule has 0 heterocycles. The molecule has 0 aromatic heterocycles. The zero-order valence-corrected chi connectivity index (χ0v) is 17.7. The van der Waals surface area contributed by atoms with Crippen molar-refractivity contribution in [3.63, 3.8) is 0 Å². The Morgan fingerprint density at radius 2 is 1.61 bits per heavy atom. The van der Waals surface area contributed by atoms with Crippen LogP contribution in [0.3, 0.4) is 0 Å². The maximum atomic E-state index is 12.3. The van der Waals surface area contributed by atoms with Crippen LogP contribution in [0.5, 0.6) is 11.5 Å². The van der Waals surface area contributed by atoms with Crippen molar-refractivity contribution in [2.24, 2.45) is 0 Å². The van der Waals surface area contributed by atoms with Crippen molar-refractivity contribution >= 4 is 23.6 Å². The summed E-state index contributed by atoms with van der Waals surface area (Å²) in [4.78, 5) is 36.1. The summed E-state index contributed by atoms with van der Waals surface area (Å²) in [6.07, 6.45) is -0.552. The average Bonchev–Trinajstić information content (AvgIpc) is 2.64. The molecule has 3 amide bonds. The predicted octanol–water partition coefficient (Wildman–Crippen LogP) is 2.88. The summed E-state index contributed by atoms with van der Waals surface area (Å²) in [6.45, 7) is 5.47. The monoisotopic (exact) mass is 429 g/mol. The Morgan fingerprint density at radius 3 is 2.26 bits per heavy atom. The van der Waals surface area contributed by atoms with E-state index < -0.39 is 17.6 Å². The summed E-state index contributed by atoms with van der Waals surface area (Å²) >= 11 is 0. The zero-order chi connectivity index (χ0) is 23.0. The Hall–Kier alpha value is -3.75. The van der Waals surface area contributed by atoms with Crippen molar-refractivity contribution in [3.8, 4) is 11.5 Å². The number of hydrogen-bond acceptors (Lipinski definition) is 6. The second-order valence-electron chi connectivity index (χ2n) is 7.80. The Morgan fingerprint density at radius 1 is 0.968 bits per heavy atom. The molecule has 0 radical (unpaired) electrons. The van der Waals surface area contributed by atoms with Gasteiger partial charge in [0.1, 0.15) is 17.1 Å². The number of benzene rings is 2. The van der Waals surface area contributed by atoms with Crippen LogP contribution in [0.4, 0.5) is 10.5 Å². The van der Waals surface area contributed by atoms with Crippen LogP contribution in [0.15, 0.2) is 42.5 Å². The van der Waals surface area contributed by atoms with Crippen molar-refractivity contribution in [2.75, 3.05) is 11.9 Å². The number of anilines is 1. The van der Waals surface area contributed by atoms with Gasteiger partial charge < -0.3 is 30.9 Å². The SMILES string of the molecule is CC(C)(C)OC(=O)NCCC(=O)Nc1ccccc1CNC(=O)c1cc(O)cc(O)c1. The molecule has 0 bridgehead atoms. The van der Waals surface area contributed by atoms with Crippen molar-refractivity contribution in [3.05, 3.63) is 53.6 Å². The number of amides is 3. The molecule has 2 rings (SSSR count). The number of aromatic hydroxyl groups is 2. The van der Waals surface area contributed by atoms with Gasteiger partial charge in [0.15, 0.2) is 0 Å². The normalized spacial score (nSPS) is 10.8. The molecule has 0 aliphatic rings. The molecule has 0 fully saturated rings. The van der Waals surface area contributed by atoms with Gasteiger partial charge in [-0.15, -0.1) is 0 Å². The first-order valence-electron chi connectivity index (χ1n) is 9.69. The zero-order valence-electron chi connectivity index (χ0n) is 17.7. The van der Waals surface area contributed by atoms with Gasteiger partial charge in [0.25, 0.3) is 5.91 Å². The van der Waals surface area contributed by atoms with Crippen LogP contribution < -0.4 is 16.0 Å². The Kier molecular flexibility index (Phi) is 7.84. The van der Waals surface area contributed by atoms with Gasteiger partial charge in [-0.05, 0) is 44.5 Å². The molecule has 9 nitrogen and oxygen atoms in total. The third kappa shape index (κ3) is 8.25. The van der Waals surface area contributed by atoms with Crippen LogP contribution in [0.1, 0.15) is 43.1 Å². The first-order chi connectivity index (χ1) is 14.5. The lowest BCUT2D eigenvalue weighted by Gasteiger charge is -2.19. The largest absolute Gasteiger partial charge is 0.508 e. The van der Waals surface area contributed by atoms with Gasteiger partial charge in [-0.25, -0.2) is 4.79 Å². The number of carbonyl (C=O) groups is 3. The van der Waals surface area contributed by atoms with Gasteiger partial charge in [0.05, 0.1) is 0 Å². The van der Waals surface area contributed by atoms with Crippen molar-refractivity contribution in [1.29, 1.82) is 0 Å². The van der Waals surface area contributed by atoms with Crippen LogP contribution >= 0.6 is 0 Å². The highest BCUT2D eigenvalue weighted by Crippen LogP contribution is 2.21. The van der Waals surface area contributed by atoms with Crippen LogP contribution in [0, 0.1) is 0 Å². The second kappa shape index (κ2) is 10.3. The average molecular weight is 429 g/mol. The van der Waals surface area contributed by atoms with E-state index in [2.05, 4.69) is 16.0 Å². The second-order valence-corrected chi connectivity index (χ2v) is 7.80. The summed E-state index contributed by atoms with van der Waals surface area (Å²) in [5, 5.41) is 27.0. The van der Waals surface area contributed by atoms with E-state index in [1.54, 1.807) is 45.0 Å². The molecular formula is C22H27N3O6. The first-order valence-corrected chi connectivity index (χ1v) is 9.69. The number of carbonyl (C=O) groups excluding carboxylic acids is 3. The minimum Gasteiger partial charge on any atom is -0.508 e. The van der Waals surface area contributed by atoms with E-state index in [-0.39, 0.29) is 42.5 Å². The lowest BCUT2D eigenvalue weighted by molar-refractivity contribution is -0.116. The van der Waals surface area contributed by atoms with Crippen LogP contribution in [0.2, 0.25) is 0 Å². The van der Waals surface area contributed by atoms with Crippen LogP contribution in [-0.4, -0.2) is 40.3 Å². The van der Waals surface area contributed by atoms with E-state index in [1.807, 2.05) is 0 Å². The standard InChI is InChI=1S/C22H27N3O6/c1-22(2,3)31-21(30)23-9-8-19(28)25-18-7-5-4-6-14(18)13-24-20(29)15-10-16(26)12-17(27)11-15/h4-7,10-12,26-27H,8-9,13H2,1-3H3,(H,23,30)(H,24,29)(H,25,28). The van der Waals surface area contributed by atoms with Gasteiger partial charge in [0, 0.05) is 36.8 Å². The van der Waals surface area contributed by atoms with E-state index in [9.17, 15) is 24.6 Å². The fourth-order valence-corrected chi connectivity index (χ4v) is 2.61. The fourth-order valence-electron chi connectivity index (χ4n) is 2.61. The summed E-state index contributed by atoms with van der Waals surface area (Å²) in [5.74, 6) is -1.25. The number of alkyl carbamates (subject to hydrolysis) is 1. The van der Waals surface area contributed by atoms with Gasteiger partial charge in [-0.1, -0.05) is 18.2 Å². The molecule has 0 unspecified atom stereocenters. The lowest BCUT2D eigenvalue weighted by atomic mass is 10.1. The van der Waals surface area contributed by atoms with Crippen molar-refractivity contribution in [1.82, 2.24) is 10.6 Å². The molecule has 0 spiro atoms. The summed E-state index contributed by atoms with van der Waals surface area (Å²) < 4.78 is 5.11. The van der Waals surface area contributed by atoms with Crippen molar-refractivity contribution in [2.45, 2.75) is 39.3 Å². The number of para-hydroxylation sites is 1. The molecule has 9 heteroatoms. The molecule has 5 N–H and O–H groups in total. The van der Waals surface area contributed by atoms with Gasteiger partial charge >= 0.3 is 6.09 Å². The lowest BCUT2D eigenvalue weighted by Crippen LogP contribution is -2.34. The Balaban J connectivity index is 1.89. The molecular weight excluding hydrogens is 402 g/mol. The molecule has 2 aromatic rings.